The minimum atomic E-state index is -4.58. The second-order valence-electron chi connectivity index (χ2n) is 4.88. The number of nitrogens with zero attached hydrogens (tertiary/aromatic N) is 1. The Hall–Kier alpha value is -1.97. The highest BCUT2D eigenvalue weighted by atomic mass is 32.2. The van der Waals surface area contributed by atoms with E-state index in [4.69, 9.17) is 4.74 Å². The highest BCUT2D eigenvalue weighted by Gasteiger charge is 2.32. The van der Waals surface area contributed by atoms with Crippen LogP contribution in [-0.2, 0) is 34.1 Å². The molecule has 0 aliphatic rings. The second-order valence-corrected chi connectivity index (χ2v) is 6.61. The van der Waals surface area contributed by atoms with Crippen LogP contribution in [-0.4, -0.2) is 20.5 Å². The van der Waals surface area contributed by atoms with Crippen LogP contribution in [0.15, 0.2) is 47.4 Å². The number of aromatic nitrogens is 1. The summed E-state index contributed by atoms with van der Waals surface area (Å²) < 4.78 is 69.8. The number of hydrogen-bond acceptors (Lipinski definition) is 4. The SMILES string of the molecule is COCc1ccccc1S(=O)(=O)NCc1cccc(C(F)(F)F)n1. The summed E-state index contributed by atoms with van der Waals surface area (Å²) in [5, 5.41) is 0. The van der Waals surface area contributed by atoms with Crippen LogP contribution in [0.3, 0.4) is 0 Å². The Balaban J connectivity index is 2.20. The van der Waals surface area contributed by atoms with Gasteiger partial charge in [-0.3, -0.25) is 0 Å². The Bertz CT molecular complexity index is 808. The molecule has 1 aromatic heterocycles. The molecule has 0 unspecified atom stereocenters. The summed E-state index contributed by atoms with van der Waals surface area (Å²) in [5.74, 6) is 0. The topological polar surface area (TPSA) is 68.3 Å². The number of halogens is 3. The summed E-state index contributed by atoms with van der Waals surface area (Å²) in [4.78, 5) is 3.44. The average molecular weight is 360 g/mol. The standard InChI is InChI=1S/C15H15F3N2O3S/c1-23-10-11-5-2-3-7-13(11)24(21,22)19-9-12-6-4-8-14(20-12)15(16,17)18/h2-8,19H,9-10H2,1H3. The van der Waals surface area contributed by atoms with Crippen LogP contribution in [0.5, 0.6) is 0 Å². The minimum absolute atomic E-state index is 0.0128. The van der Waals surface area contributed by atoms with Crippen molar-refractivity contribution in [3.05, 3.63) is 59.4 Å². The third kappa shape index (κ3) is 4.53. The molecule has 1 aromatic carbocycles. The number of benzene rings is 1. The lowest BCUT2D eigenvalue weighted by molar-refractivity contribution is -0.141. The fraction of sp³-hybridized carbons (Fsp3) is 0.267. The van der Waals surface area contributed by atoms with Crippen molar-refractivity contribution in [2.75, 3.05) is 7.11 Å². The van der Waals surface area contributed by atoms with Gasteiger partial charge >= 0.3 is 6.18 Å². The van der Waals surface area contributed by atoms with Gasteiger partial charge in [0.1, 0.15) is 5.69 Å². The summed E-state index contributed by atoms with van der Waals surface area (Å²) in [5.41, 5.74) is -0.652. The van der Waals surface area contributed by atoms with E-state index in [1.807, 2.05) is 0 Å². The zero-order valence-corrected chi connectivity index (χ0v) is 13.5. The van der Waals surface area contributed by atoms with E-state index in [0.29, 0.717) is 5.56 Å². The monoisotopic (exact) mass is 360 g/mol. The quantitative estimate of drug-likeness (QED) is 0.860. The molecule has 0 aliphatic carbocycles. The molecule has 0 aliphatic heterocycles. The van der Waals surface area contributed by atoms with Crippen molar-refractivity contribution in [2.24, 2.45) is 0 Å². The molecule has 0 atom stereocenters. The first-order valence-corrected chi connectivity index (χ1v) is 8.32. The molecule has 5 nitrogen and oxygen atoms in total. The Morgan fingerprint density at radius 2 is 1.83 bits per heavy atom. The van der Waals surface area contributed by atoms with Gasteiger partial charge in [0.25, 0.3) is 0 Å². The third-order valence-corrected chi connectivity index (χ3v) is 4.60. The molecule has 1 heterocycles. The van der Waals surface area contributed by atoms with E-state index in [0.717, 1.165) is 6.07 Å². The summed E-state index contributed by atoms with van der Waals surface area (Å²) in [6, 6.07) is 9.54. The normalized spacial score (nSPS) is 12.3. The highest BCUT2D eigenvalue weighted by Crippen LogP contribution is 2.27. The van der Waals surface area contributed by atoms with E-state index in [-0.39, 0.29) is 23.7 Å². The molecule has 0 saturated heterocycles. The smallest absolute Gasteiger partial charge is 0.380 e. The van der Waals surface area contributed by atoms with Crippen LogP contribution >= 0.6 is 0 Å². The van der Waals surface area contributed by atoms with Crippen LogP contribution < -0.4 is 4.72 Å². The van der Waals surface area contributed by atoms with Crippen LogP contribution in [0.1, 0.15) is 17.0 Å². The molecular formula is C15H15F3N2O3S. The van der Waals surface area contributed by atoms with Crippen LogP contribution in [0.4, 0.5) is 13.2 Å². The van der Waals surface area contributed by atoms with Gasteiger partial charge in [-0.2, -0.15) is 13.2 Å². The molecule has 0 fully saturated rings. The molecule has 1 N–H and O–H groups in total. The zero-order valence-electron chi connectivity index (χ0n) is 12.7. The molecule has 2 aromatic rings. The van der Waals surface area contributed by atoms with Crippen LogP contribution in [0.2, 0.25) is 0 Å². The van der Waals surface area contributed by atoms with Gasteiger partial charge in [0, 0.05) is 7.11 Å². The number of hydrogen-bond donors (Lipinski definition) is 1. The van der Waals surface area contributed by atoms with E-state index in [1.165, 1.54) is 25.3 Å². The predicted octanol–water partition coefficient (Wildman–Crippen LogP) is 2.73. The number of pyridine rings is 1. The van der Waals surface area contributed by atoms with Gasteiger partial charge in [0.15, 0.2) is 0 Å². The first-order valence-electron chi connectivity index (χ1n) is 6.83. The fourth-order valence-electron chi connectivity index (χ4n) is 2.02. The first-order chi connectivity index (χ1) is 11.2. The van der Waals surface area contributed by atoms with Gasteiger partial charge in [0.2, 0.25) is 10.0 Å². The number of ether oxygens (including phenoxy) is 1. The molecule has 0 saturated carbocycles. The van der Waals surface area contributed by atoms with E-state index >= 15 is 0 Å². The molecule has 24 heavy (non-hydrogen) atoms. The van der Waals surface area contributed by atoms with E-state index < -0.39 is 21.9 Å². The Morgan fingerprint density at radius 3 is 2.50 bits per heavy atom. The lowest BCUT2D eigenvalue weighted by Gasteiger charge is -2.12. The van der Waals surface area contributed by atoms with Crippen molar-refractivity contribution >= 4 is 10.0 Å². The Labute approximate surface area is 137 Å². The largest absolute Gasteiger partial charge is 0.433 e. The van der Waals surface area contributed by atoms with Gasteiger partial charge in [-0.25, -0.2) is 18.1 Å². The van der Waals surface area contributed by atoms with Crippen molar-refractivity contribution in [3.63, 3.8) is 0 Å². The summed E-state index contributed by atoms with van der Waals surface area (Å²) in [6.07, 6.45) is -4.58. The summed E-state index contributed by atoms with van der Waals surface area (Å²) in [6.45, 7) is -0.257. The highest BCUT2D eigenvalue weighted by molar-refractivity contribution is 7.89. The van der Waals surface area contributed by atoms with Gasteiger partial charge < -0.3 is 4.74 Å². The zero-order chi connectivity index (χ0) is 17.8. The predicted molar refractivity (Wildman–Crippen MR) is 80.4 cm³/mol. The van der Waals surface area contributed by atoms with Gasteiger partial charge in [0.05, 0.1) is 23.7 Å². The van der Waals surface area contributed by atoms with Crippen molar-refractivity contribution in [1.29, 1.82) is 0 Å². The van der Waals surface area contributed by atoms with E-state index in [2.05, 4.69) is 9.71 Å². The van der Waals surface area contributed by atoms with Crippen LogP contribution in [0, 0.1) is 0 Å². The molecule has 130 valence electrons. The fourth-order valence-corrected chi connectivity index (χ4v) is 3.25. The summed E-state index contributed by atoms with van der Waals surface area (Å²) >= 11 is 0. The number of methoxy groups -OCH3 is 1. The average Bonchev–Trinajstić information content (AvgIpc) is 2.53. The van der Waals surface area contributed by atoms with Gasteiger partial charge in [-0.05, 0) is 23.8 Å². The van der Waals surface area contributed by atoms with Gasteiger partial charge in [-0.1, -0.05) is 24.3 Å². The number of alkyl halides is 3. The maximum atomic E-state index is 12.6. The lowest BCUT2D eigenvalue weighted by Crippen LogP contribution is -2.25. The number of nitrogens with one attached hydrogen (secondary N) is 1. The maximum absolute atomic E-state index is 12.6. The van der Waals surface area contributed by atoms with E-state index in [1.54, 1.807) is 18.2 Å². The van der Waals surface area contributed by atoms with Gasteiger partial charge in [-0.15, -0.1) is 0 Å². The molecule has 0 amide bonds. The van der Waals surface area contributed by atoms with Crippen molar-refractivity contribution in [3.8, 4) is 0 Å². The maximum Gasteiger partial charge on any atom is 0.433 e. The molecule has 0 bridgehead atoms. The minimum Gasteiger partial charge on any atom is -0.380 e. The molecular weight excluding hydrogens is 345 g/mol. The van der Waals surface area contributed by atoms with E-state index in [9.17, 15) is 21.6 Å². The second kappa shape index (κ2) is 7.29. The van der Waals surface area contributed by atoms with Crippen LogP contribution in [0.25, 0.3) is 0 Å². The Kier molecular flexibility index (Phi) is 5.58. The molecule has 0 radical (unpaired) electrons. The first kappa shape index (κ1) is 18.4. The molecule has 9 heteroatoms. The summed E-state index contributed by atoms with van der Waals surface area (Å²) in [7, 11) is -2.48. The third-order valence-electron chi connectivity index (χ3n) is 3.10. The number of rotatable bonds is 6. The van der Waals surface area contributed by atoms with Crippen molar-refractivity contribution in [2.45, 2.75) is 24.2 Å². The van der Waals surface area contributed by atoms with Crippen molar-refractivity contribution < 1.29 is 26.3 Å². The molecule has 0 spiro atoms. The lowest BCUT2D eigenvalue weighted by atomic mass is 10.2. The number of sulfonamides is 1. The Morgan fingerprint density at radius 1 is 1.12 bits per heavy atom. The van der Waals surface area contributed by atoms with Crippen molar-refractivity contribution in [1.82, 2.24) is 9.71 Å². The molecule has 2 rings (SSSR count).